The Morgan fingerprint density at radius 3 is 2.40 bits per heavy atom. The summed E-state index contributed by atoms with van der Waals surface area (Å²) in [7, 11) is 1.55. The number of aromatic nitrogens is 3. The Kier molecular flexibility index (Phi) is 6.96. The lowest BCUT2D eigenvalue weighted by Crippen LogP contribution is -2.17. The van der Waals surface area contributed by atoms with Crippen molar-refractivity contribution >= 4 is 22.5 Å². The second kappa shape index (κ2) is 10.5. The average Bonchev–Trinajstić information content (AvgIpc) is 3.27. The van der Waals surface area contributed by atoms with Gasteiger partial charge in [0.2, 0.25) is 0 Å². The maximum absolute atomic E-state index is 14.0. The fourth-order valence-electron chi connectivity index (χ4n) is 4.36. The van der Waals surface area contributed by atoms with Crippen LogP contribution < -0.4 is 10.1 Å². The number of methoxy groups -OCH3 is 1. The highest BCUT2D eigenvalue weighted by Crippen LogP contribution is 2.37. The van der Waals surface area contributed by atoms with Gasteiger partial charge in [0.1, 0.15) is 5.75 Å². The zero-order valence-electron chi connectivity index (χ0n) is 21.5. The van der Waals surface area contributed by atoms with Crippen LogP contribution in [0.3, 0.4) is 0 Å². The van der Waals surface area contributed by atoms with E-state index in [0.29, 0.717) is 39.0 Å². The number of anilines is 1. The molecule has 1 N–H and O–H groups in total. The number of fused-ring (bicyclic) bond motifs is 1. The van der Waals surface area contributed by atoms with Gasteiger partial charge in [-0.05, 0) is 61.0 Å². The van der Waals surface area contributed by atoms with Gasteiger partial charge in [-0.2, -0.15) is 23.5 Å². The lowest BCUT2D eigenvalue weighted by Gasteiger charge is -2.12. The van der Waals surface area contributed by atoms with Crippen molar-refractivity contribution in [2.45, 2.75) is 19.6 Å². The van der Waals surface area contributed by atoms with E-state index in [2.05, 4.69) is 15.4 Å². The maximum Gasteiger partial charge on any atom is 0.437 e. The zero-order valence-corrected chi connectivity index (χ0v) is 21.5. The van der Waals surface area contributed by atoms with Gasteiger partial charge in [-0.3, -0.25) is 9.48 Å². The van der Waals surface area contributed by atoms with E-state index >= 15 is 0 Å². The minimum Gasteiger partial charge on any atom is -0.497 e. The van der Waals surface area contributed by atoms with Crippen LogP contribution >= 0.6 is 0 Å². The maximum atomic E-state index is 14.0. The number of amides is 1. The van der Waals surface area contributed by atoms with Gasteiger partial charge in [0.05, 0.1) is 53.4 Å². The van der Waals surface area contributed by atoms with Crippen molar-refractivity contribution in [1.29, 1.82) is 5.26 Å². The number of nitrogens with one attached hydrogen (secondary N) is 1. The standard InChI is InChI=1S/C30H22F3N5O2/c1-18-27(28(30(31,32)33)37-38(18)17-20-9-7-19(16-34)8-10-20)36-29(39)24-15-26(21-11-13-22(40-2)14-12-21)35-25-6-4-3-5-23(24)25/h3-15H,17H2,1-2H3,(H,36,39). The smallest absolute Gasteiger partial charge is 0.437 e. The molecule has 0 atom stereocenters. The monoisotopic (exact) mass is 541 g/mol. The van der Waals surface area contributed by atoms with E-state index < -0.39 is 23.5 Å². The molecule has 2 aromatic heterocycles. The molecule has 0 aliphatic heterocycles. The molecule has 0 aliphatic rings. The minimum atomic E-state index is -4.81. The second-order valence-electron chi connectivity index (χ2n) is 9.03. The van der Waals surface area contributed by atoms with Crippen LogP contribution in [-0.2, 0) is 12.7 Å². The van der Waals surface area contributed by atoms with Gasteiger partial charge >= 0.3 is 6.18 Å². The summed E-state index contributed by atoms with van der Waals surface area (Å²) in [6.07, 6.45) is -4.81. The molecule has 0 aliphatic carbocycles. The molecule has 10 heteroatoms. The van der Waals surface area contributed by atoms with Gasteiger partial charge in [-0.1, -0.05) is 30.3 Å². The number of alkyl halides is 3. The van der Waals surface area contributed by atoms with Crippen molar-refractivity contribution in [3.8, 4) is 23.1 Å². The van der Waals surface area contributed by atoms with E-state index in [1.54, 1.807) is 86.0 Å². The molecule has 0 saturated heterocycles. The second-order valence-corrected chi connectivity index (χ2v) is 9.03. The molecule has 200 valence electrons. The van der Waals surface area contributed by atoms with Crippen LogP contribution in [0.1, 0.15) is 32.9 Å². The Balaban J connectivity index is 1.54. The summed E-state index contributed by atoms with van der Waals surface area (Å²) in [6, 6.07) is 24.0. The molecule has 3 aromatic carbocycles. The lowest BCUT2D eigenvalue weighted by atomic mass is 10.0. The fourth-order valence-corrected chi connectivity index (χ4v) is 4.36. The SMILES string of the molecule is COc1ccc(-c2cc(C(=O)Nc3c(C(F)(F)F)nn(Cc4ccc(C#N)cc4)c3C)c3ccccc3n2)cc1. The number of pyridine rings is 1. The first-order chi connectivity index (χ1) is 19.2. The topological polar surface area (TPSA) is 92.8 Å². The van der Waals surface area contributed by atoms with Crippen LogP contribution in [0.15, 0.2) is 78.9 Å². The first kappa shape index (κ1) is 26.4. The molecule has 0 bridgehead atoms. The molecule has 7 nitrogen and oxygen atoms in total. The Hall–Kier alpha value is -5.17. The fraction of sp³-hybridized carbons (Fsp3) is 0.133. The molecule has 0 spiro atoms. The molecule has 0 fully saturated rings. The van der Waals surface area contributed by atoms with Crippen LogP contribution in [0.2, 0.25) is 0 Å². The number of halogens is 3. The number of carbonyl (C=O) groups excluding carboxylic acids is 1. The minimum absolute atomic E-state index is 0.0241. The predicted molar refractivity (Wildman–Crippen MR) is 144 cm³/mol. The number of ether oxygens (including phenoxy) is 1. The molecule has 5 rings (SSSR count). The van der Waals surface area contributed by atoms with Crippen molar-refractivity contribution < 1.29 is 22.7 Å². The number of benzene rings is 3. The number of rotatable bonds is 6. The molecule has 0 unspecified atom stereocenters. The molecule has 2 heterocycles. The number of nitrogens with zero attached hydrogens (tertiary/aromatic N) is 4. The highest BCUT2D eigenvalue weighted by Gasteiger charge is 2.39. The van der Waals surface area contributed by atoms with Gasteiger partial charge in [0.25, 0.3) is 5.91 Å². The highest BCUT2D eigenvalue weighted by atomic mass is 19.4. The normalized spacial score (nSPS) is 11.3. The zero-order chi connectivity index (χ0) is 28.4. The van der Waals surface area contributed by atoms with Crippen molar-refractivity contribution in [3.05, 3.63) is 107 Å². The van der Waals surface area contributed by atoms with E-state index in [9.17, 15) is 18.0 Å². The number of para-hydroxylation sites is 1. The molecular weight excluding hydrogens is 519 g/mol. The lowest BCUT2D eigenvalue weighted by molar-refractivity contribution is -0.140. The number of hydrogen-bond donors (Lipinski definition) is 1. The molecule has 0 saturated carbocycles. The van der Waals surface area contributed by atoms with E-state index in [1.165, 1.54) is 11.6 Å². The Labute approximate surface area is 227 Å². The first-order valence-electron chi connectivity index (χ1n) is 12.2. The summed E-state index contributed by atoms with van der Waals surface area (Å²) in [4.78, 5) is 18.2. The van der Waals surface area contributed by atoms with Gasteiger partial charge in [0, 0.05) is 10.9 Å². The molecule has 0 radical (unpaired) electrons. The Morgan fingerprint density at radius 1 is 1.05 bits per heavy atom. The van der Waals surface area contributed by atoms with Crippen molar-refractivity contribution in [2.75, 3.05) is 12.4 Å². The molecule has 5 aromatic rings. The van der Waals surface area contributed by atoms with Crippen LogP contribution in [0, 0.1) is 18.3 Å². The summed E-state index contributed by atoms with van der Waals surface area (Å²) in [5, 5.41) is 15.8. The van der Waals surface area contributed by atoms with E-state index in [0.717, 1.165) is 0 Å². The van der Waals surface area contributed by atoms with Crippen LogP contribution in [0.25, 0.3) is 22.2 Å². The van der Waals surface area contributed by atoms with Crippen LogP contribution in [0.4, 0.5) is 18.9 Å². The van der Waals surface area contributed by atoms with Crippen LogP contribution in [-0.4, -0.2) is 27.8 Å². The van der Waals surface area contributed by atoms with Gasteiger partial charge < -0.3 is 10.1 Å². The number of hydrogen-bond acceptors (Lipinski definition) is 5. The predicted octanol–water partition coefficient (Wildman–Crippen LogP) is 6.61. The third-order valence-corrected chi connectivity index (χ3v) is 6.48. The average molecular weight is 542 g/mol. The van der Waals surface area contributed by atoms with Gasteiger partial charge in [-0.25, -0.2) is 4.98 Å². The summed E-state index contributed by atoms with van der Waals surface area (Å²) < 4.78 is 48.5. The van der Waals surface area contributed by atoms with Crippen molar-refractivity contribution in [2.24, 2.45) is 0 Å². The van der Waals surface area contributed by atoms with E-state index in [4.69, 9.17) is 10.00 Å². The largest absolute Gasteiger partial charge is 0.497 e. The molecule has 40 heavy (non-hydrogen) atoms. The van der Waals surface area contributed by atoms with Crippen LogP contribution in [0.5, 0.6) is 5.75 Å². The summed E-state index contributed by atoms with van der Waals surface area (Å²) in [5.41, 5.74) is 1.49. The van der Waals surface area contributed by atoms with E-state index in [-0.39, 0.29) is 17.8 Å². The third kappa shape index (κ3) is 5.22. The van der Waals surface area contributed by atoms with Crippen molar-refractivity contribution in [3.63, 3.8) is 0 Å². The summed E-state index contributed by atoms with van der Waals surface area (Å²) in [5.74, 6) is -0.0736. The Morgan fingerprint density at radius 2 is 1.75 bits per heavy atom. The Bertz CT molecular complexity index is 1750. The van der Waals surface area contributed by atoms with Gasteiger partial charge in [-0.15, -0.1) is 0 Å². The molecular formula is C30H22F3N5O2. The third-order valence-electron chi connectivity index (χ3n) is 6.48. The van der Waals surface area contributed by atoms with Gasteiger partial charge in [0.15, 0.2) is 5.69 Å². The summed E-state index contributed by atoms with van der Waals surface area (Å²) in [6.45, 7) is 1.49. The number of carbonyl (C=O) groups is 1. The number of nitriles is 1. The molecule has 1 amide bonds. The van der Waals surface area contributed by atoms with Crippen molar-refractivity contribution in [1.82, 2.24) is 14.8 Å². The first-order valence-corrected chi connectivity index (χ1v) is 12.2. The highest BCUT2D eigenvalue weighted by molar-refractivity contribution is 6.13. The quantitative estimate of drug-likeness (QED) is 0.261. The van der Waals surface area contributed by atoms with E-state index in [1.807, 2.05) is 6.07 Å². The summed E-state index contributed by atoms with van der Waals surface area (Å²) >= 11 is 0.